The molecule has 0 aliphatic rings. The van der Waals surface area contributed by atoms with Crippen LogP contribution in [0.5, 0.6) is 0 Å². The van der Waals surface area contributed by atoms with E-state index in [1.54, 1.807) is 16.1 Å². The number of imidazole rings is 1. The maximum absolute atomic E-state index is 12.1. The van der Waals surface area contributed by atoms with Crippen LogP contribution in [-0.2, 0) is 13.1 Å². The predicted molar refractivity (Wildman–Crippen MR) is 63.6 cm³/mol. The highest BCUT2D eigenvalue weighted by molar-refractivity contribution is 5.75. The maximum Gasteiger partial charge on any atom is 0.329 e. The summed E-state index contributed by atoms with van der Waals surface area (Å²) in [5.74, 6) is 0. The van der Waals surface area contributed by atoms with Crippen LogP contribution in [0.1, 0.15) is 13.8 Å². The molecule has 0 aliphatic carbocycles. The Kier molecular flexibility index (Phi) is 2.83. The summed E-state index contributed by atoms with van der Waals surface area (Å²) >= 11 is 0. The van der Waals surface area contributed by atoms with Gasteiger partial charge in [-0.2, -0.15) is 0 Å². The van der Waals surface area contributed by atoms with E-state index < -0.39 is 6.10 Å². The monoisotopic (exact) mass is 220 g/mol. The van der Waals surface area contributed by atoms with E-state index in [1.807, 2.05) is 31.2 Å². The molecule has 0 saturated carbocycles. The summed E-state index contributed by atoms with van der Waals surface area (Å²) in [6, 6.07) is 7.66. The lowest BCUT2D eigenvalue weighted by Crippen LogP contribution is -2.27. The van der Waals surface area contributed by atoms with E-state index in [4.69, 9.17) is 0 Å². The zero-order valence-electron chi connectivity index (χ0n) is 9.55. The number of hydrogen-bond donors (Lipinski definition) is 1. The summed E-state index contributed by atoms with van der Waals surface area (Å²) in [7, 11) is 0. The molecule has 4 heteroatoms. The van der Waals surface area contributed by atoms with E-state index >= 15 is 0 Å². The number of aryl methyl sites for hydroxylation is 1. The van der Waals surface area contributed by atoms with Gasteiger partial charge in [0.05, 0.1) is 23.7 Å². The molecule has 4 nitrogen and oxygen atoms in total. The molecule has 1 aromatic heterocycles. The van der Waals surface area contributed by atoms with E-state index in [0.717, 1.165) is 11.0 Å². The normalized spacial score (nSPS) is 13.2. The van der Waals surface area contributed by atoms with Gasteiger partial charge in [0.1, 0.15) is 0 Å². The van der Waals surface area contributed by atoms with Gasteiger partial charge in [-0.05, 0) is 26.0 Å². The van der Waals surface area contributed by atoms with Gasteiger partial charge in [0.2, 0.25) is 0 Å². The van der Waals surface area contributed by atoms with E-state index in [-0.39, 0.29) is 5.69 Å². The third-order valence-electron chi connectivity index (χ3n) is 2.69. The Bertz CT molecular complexity index is 552. The highest BCUT2D eigenvalue weighted by Gasteiger charge is 2.12. The largest absolute Gasteiger partial charge is 0.392 e. The molecule has 1 N–H and O–H groups in total. The number of aromatic nitrogens is 2. The van der Waals surface area contributed by atoms with Crippen molar-refractivity contribution in [1.82, 2.24) is 9.13 Å². The lowest BCUT2D eigenvalue weighted by molar-refractivity contribution is 0.173. The van der Waals surface area contributed by atoms with Gasteiger partial charge in [0.15, 0.2) is 0 Å². The average Bonchev–Trinajstić information content (AvgIpc) is 2.52. The number of aliphatic hydroxyl groups is 1. The topological polar surface area (TPSA) is 47.2 Å². The third kappa shape index (κ3) is 1.65. The van der Waals surface area contributed by atoms with Crippen molar-refractivity contribution < 1.29 is 5.11 Å². The first-order chi connectivity index (χ1) is 7.65. The van der Waals surface area contributed by atoms with Crippen LogP contribution in [0.3, 0.4) is 0 Å². The molecule has 1 atom stereocenters. The molecule has 0 radical (unpaired) electrons. The minimum Gasteiger partial charge on any atom is -0.392 e. The molecule has 0 spiro atoms. The lowest BCUT2D eigenvalue weighted by Gasteiger charge is -2.04. The van der Waals surface area contributed by atoms with Crippen molar-refractivity contribution in [3.05, 3.63) is 34.7 Å². The first-order valence-corrected chi connectivity index (χ1v) is 5.51. The second kappa shape index (κ2) is 4.14. The molecular formula is C12H16N2O2. The lowest BCUT2D eigenvalue weighted by atomic mass is 10.3. The van der Waals surface area contributed by atoms with Gasteiger partial charge >= 0.3 is 5.69 Å². The Balaban J connectivity index is 2.72. The van der Waals surface area contributed by atoms with Crippen LogP contribution < -0.4 is 5.69 Å². The van der Waals surface area contributed by atoms with Gasteiger partial charge in [-0.25, -0.2) is 4.79 Å². The molecular weight excluding hydrogens is 204 g/mol. The molecule has 1 heterocycles. The van der Waals surface area contributed by atoms with E-state index in [9.17, 15) is 9.90 Å². The summed E-state index contributed by atoms with van der Waals surface area (Å²) in [6.07, 6.45) is -0.520. The van der Waals surface area contributed by atoms with E-state index in [0.29, 0.717) is 13.1 Å². The number of para-hydroxylation sites is 2. The summed E-state index contributed by atoms with van der Waals surface area (Å²) in [6.45, 7) is 4.61. The second-order valence-electron chi connectivity index (χ2n) is 3.98. The SMILES string of the molecule is CCn1c(=O)n(C[C@@H](C)O)c2ccccc21. The standard InChI is InChI=1S/C12H16N2O2/c1-3-13-10-6-4-5-7-11(10)14(12(13)16)8-9(2)15/h4-7,9,15H,3,8H2,1-2H3/t9-/m1/s1. The molecule has 0 aliphatic heterocycles. The van der Waals surface area contributed by atoms with Gasteiger partial charge < -0.3 is 5.11 Å². The quantitative estimate of drug-likeness (QED) is 0.845. The maximum atomic E-state index is 12.1. The minimum absolute atomic E-state index is 0.0513. The van der Waals surface area contributed by atoms with Crippen molar-refractivity contribution in [2.75, 3.05) is 0 Å². The second-order valence-corrected chi connectivity index (χ2v) is 3.98. The van der Waals surface area contributed by atoms with Crippen LogP contribution in [-0.4, -0.2) is 20.3 Å². The Labute approximate surface area is 93.7 Å². The van der Waals surface area contributed by atoms with Crippen molar-refractivity contribution in [2.24, 2.45) is 0 Å². The van der Waals surface area contributed by atoms with Gasteiger partial charge in [0.25, 0.3) is 0 Å². The first-order valence-electron chi connectivity index (χ1n) is 5.51. The molecule has 2 rings (SSSR count). The van der Waals surface area contributed by atoms with Gasteiger partial charge in [0, 0.05) is 6.54 Å². The highest BCUT2D eigenvalue weighted by Crippen LogP contribution is 2.12. The summed E-state index contributed by atoms with van der Waals surface area (Å²) in [5, 5.41) is 9.40. The fourth-order valence-electron chi connectivity index (χ4n) is 2.02. The molecule has 0 amide bonds. The molecule has 0 saturated heterocycles. The summed E-state index contributed by atoms with van der Waals surface area (Å²) in [5.41, 5.74) is 1.76. The first kappa shape index (κ1) is 11.0. The van der Waals surface area contributed by atoms with Crippen LogP contribution in [0.4, 0.5) is 0 Å². The van der Waals surface area contributed by atoms with Crippen molar-refractivity contribution in [1.29, 1.82) is 0 Å². The number of benzene rings is 1. The average molecular weight is 220 g/mol. The van der Waals surface area contributed by atoms with Gasteiger partial charge in [-0.3, -0.25) is 9.13 Å². The van der Waals surface area contributed by atoms with Gasteiger partial charge in [-0.1, -0.05) is 12.1 Å². The van der Waals surface area contributed by atoms with E-state index in [1.165, 1.54) is 0 Å². The Morgan fingerprint density at radius 2 is 1.81 bits per heavy atom. The number of hydrogen-bond acceptors (Lipinski definition) is 2. The molecule has 16 heavy (non-hydrogen) atoms. The van der Waals surface area contributed by atoms with Gasteiger partial charge in [-0.15, -0.1) is 0 Å². The molecule has 2 aromatic rings. The fourth-order valence-corrected chi connectivity index (χ4v) is 2.02. The summed E-state index contributed by atoms with van der Waals surface area (Å²) < 4.78 is 3.35. The number of rotatable bonds is 3. The summed E-state index contributed by atoms with van der Waals surface area (Å²) in [4.78, 5) is 12.1. The van der Waals surface area contributed by atoms with Crippen LogP contribution in [0.15, 0.2) is 29.1 Å². The van der Waals surface area contributed by atoms with Crippen molar-refractivity contribution in [3.8, 4) is 0 Å². The third-order valence-corrected chi connectivity index (χ3v) is 2.69. The molecule has 0 fully saturated rings. The van der Waals surface area contributed by atoms with Crippen LogP contribution in [0.2, 0.25) is 0 Å². The van der Waals surface area contributed by atoms with Crippen LogP contribution >= 0.6 is 0 Å². The number of aliphatic hydroxyl groups excluding tert-OH is 1. The smallest absolute Gasteiger partial charge is 0.329 e. The van der Waals surface area contributed by atoms with Crippen molar-refractivity contribution in [3.63, 3.8) is 0 Å². The molecule has 0 unspecified atom stereocenters. The number of fused-ring (bicyclic) bond motifs is 1. The zero-order valence-corrected chi connectivity index (χ0v) is 9.55. The molecule has 86 valence electrons. The van der Waals surface area contributed by atoms with Crippen LogP contribution in [0.25, 0.3) is 11.0 Å². The van der Waals surface area contributed by atoms with Crippen molar-refractivity contribution in [2.45, 2.75) is 33.0 Å². The van der Waals surface area contributed by atoms with Crippen LogP contribution in [0, 0.1) is 0 Å². The predicted octanol–water partition coefficient (Wildman–Crippen LogP) is 1.20. The van der Waals surface area contributed by atoms with Crippen molar-refractivity contribution >= 4 is 11.0 Å². The van der Waals surface area contributed by atoms with E-state index in [2.05, 4.69) is 0 Å². The highest BCUT2D eigenvalue weighted by atomic mass is 16.3. The minimum atomic E-state index is -0.520. The fraction of sp³-hybridized carbons (Fsp3) is 0.417. The zero-order chi connectivity index (χ0) is 11.7. The molecule has 1 aromatic carbocycles. The Hall–Kier alpha value is -1.55. The number of nitrogens with zero attached hydrogens (tertiary/aromatic N) is 2. The Morgan fingerprint density at radius 1 is 1.25 bits per heavy atom. The molecule has 0 bridgehead atoms. The Morgan fingerprint density at radius 3 is 2.31 bits per heavy atom.